The highest BCUT2D eigenvalue weighted by atomic mass is 35.5. The molecule has 0 bridgehead atoms. The van der Waals surface area contributed by atoms with Crippen molar-refractivity contribution < 1.29 is 4.74 Å². The van der Waals surface area contributed by atoms with Crippen molar-refractivity contribution >= 4 is 11.6 Å². The van der Waals surface area contributed by atoms with Crippen molar-refractivity contribution in [2.24, 2.45) is 5.92 Å². The minimum Gasteiger partial charge on any atom is -0.493 e. The molecule has 2 aliphatic rings. The van der Waals surface area contributed by atoms with Crippen molar-refractivity contribution in [2.75, 3.05) is 6.61 Å². The van der Waals surface area contributed by atoms with Gasteiger partial charge in [0.15, 0.2) is 0 Å². The monoisotopic (exact) mass is 307 g/mol. The first-order valence-electron chi connectivity index (χ1n) is 8.43. The molecular formula is C18H26ClNO. The van der Waals surface area contributed by atoms with E-state index >= 15 is 0 Å². The first kappa shape index (κ1) is 15.2. The zero-order valence-electron chi connectivity index (χ0n) is 13.0. The number of ether oxygens (including phenoxy) is 1. The predicted molar refractivity (Wildman–Crippen MR) is 88.1 cm³/mol. The van der Waals surface area contributed by atoms with Crippen molar-refractivity contribution in [2.45, 2.75) is 64.5 Å². The van der Waals surface area contributed by atoms with E-state index < -0.39 is 0 Å². The summed E-state index contributed by atoms with van der Waals surface area (Å²) in [4.78, 5) is 0. The molecular weight excluding hydrogens is 282 g/mol. The SMILES string of the molecule is CCCC1CCC(NCc2cc(Cl)cc3c2OCC3)CC1. The molecule has 3 heteroatoms. The van der Waals surface area contributed by atoms with Crippen molar-refractivity contribution in [3.8, 4) is 5.75 Å². The van der Waals surface area contributed by atoms with Gasteiger partial charge in [0.2, 0.25) is 0 Å². The third kappa shape index (κ3) is 3.73. The van der Waals surface area contributed by atoms with Crippen LogP contribution in [0.3, 0.4) is 0 Å². The topological polar surface area (TPSA) is 21.3 Å². The van der Waals surface area contributed by atoms with Crippen LogP contribution < -0.4 is 10.1 Å². The molecule has 1 aromatic rings. The molecule has 0 saturated heterocycles. The average molecular weight is 308 g/mol. The molecule has 1 saturated carbocycles. The molecule has 3 rings (SSSR count). The summed E-state index contributed by atoms with van der Waals surface area (Å²) in [6.07, 6.45) is 9.12. The molecule has 0 aromatic heterocycles. The molecule has 1 aromatic carbocycles. The predicted octanol–water partition coefficient (Wildman–Crippen LogP) is 4.72. The summed E-state index contributed by atoms with van der Waals surface area (Å²) in [5.74, 6) is 2.04. The number of fused-ring (bicyclic) bond motifs is 1. The maximum Gasteiger partial charge on any atom is 0.127 e. The van der Waals surface area contributed by atoms with Crippen LogP contribution in [0.5, 0.6) is 5.75 Å². The molecule has 2 nitrogen and oxygen atoms in total. The van der Waals surface area contributed by atoms with Crippen LogP contribution in [-0.2, 0) is 13.0 Å². The summed E-state index contributed by atoms with van der Waals surface area (Å²) in [6.45, 7) is 3.97. The summed E-state index contributed by atoms with van der Waals surface area (Å²) in [6, 6.07) is 4.76. The van der Waals surface area contributed by atoms with Gasteiger partial charge in [-0.3, -0.25) is 0 Å². The van der Waals surface area contributed by atoms with Gasteiger partial charge in [-0.2, -0.15) is 0 Å². The molecule has 0 unspecified atom stereocenters. The summed E-state index contributed by atoms with van der Waals surface area (Å²) in [5, 5.41) is 4.55. The van der Waals surface area contributed by atoms with Gasteiger partial charge in [-0.15, -0.1) is 0 Å². The normalized spacial score (nSPS) is 24.7. The molecule has 21 heavy (non-hydrogen) atoms. The van der Waals surface area contributed by atoms with Crippen LogP contribution in [0.25, 0.3) is 0 Å². The first-order valence-corrected chi connectivity index (χ1v) is 8.81. The maximum absolute atomic E-state index is 6.22. The molecule has 0 radical (unpaired) electrons. The molecule has 1 aliphatic carbocycles. The standard InChI is InChI=1S/C18H26ClNO/c1-2-3-13-4-6-17(7-5-13)20-12-15-11-16(19)10-14-8-9-21-18(14)15/h10-11,13,17,20H,2-9,12H2,1H3. The fourth-order valence-corrected chi connectivity index (χ4v) is 4.06. The van der Waals surface area contributed by atoms with Gasteiger partial charge in [0.1, 0.15) is 5.75 Å². The Kier molecular flexibility index (Phi) is 5.07. The van der Waals surface area contributed by atoms with Crippen molar-refractivity contribution in [3.05, 3.63) is 28.3 Å². The third-order valence-electron chi connectivity index (χ3n) is 4.95. The van der Waals surface area contributed by atoms with E-state index in [4.69, 9.17) is 16.3 Å². The van der Waals surface area contributed by atoms with Gasteiger partial charge in [0.25, 0.3) is 0 Å². The van der Waals surface area contributed by atoms with Gasteiger partial charge < -0.3 is 10.1 Å². The molecule has 0 spiro atoms. The largest absolute Gasteiger partial charge is 0.493 e. The Morgan fingerprint density at radius 3 is 2.81 bits per heavy atom. The zero-order chi connectivity index (χ0) is 14.7. The van der Waals surface area contributed by atoms with Gasteiger partial charge >= 0.3 is 0 Å². The van der Waals surface area contributed by atoms with Crippen molar-refractivity contribution in [1.29, 1.82) is 0 Å². The number of nitrogens with one attached hydrogen (secondary N) is 1. The minimum absolute atomic E-state index is 0.661. The smallest absolute Gasteiger partial charge is 0.127 e. The lowest BCUT2D eigenvalue weighted by molar-refractivity contribution is 0.276. The third-order valence-corrected chi connectivity index (χ3v) is 5.17. The van der Waals surface area contributed by atoms with Crippen molar-refractivity contribution in [1.82, 2.24) is 5.32 Å². The Bertz CT molecular complexity index is 480. The van der Waals surface area contributed by atoms with Crippen molar-refractivity contribution in [3.63, 3.8) is 0 Å². The number of benzene rings is 1. The van der Waals surface area contributed by atoms with Crippen LogP contribution in [0.1, 0.15) is 56.6 Å². The van der Waals surface area contributed by atoms with Crippen LogP contribution in [0, 0.1) is 5.92 Å². The second kappa shape index (κ2) is 7.02. The summed E-state index contributed by atoms with van der Waals surface area (Å²) < 4.78 is 5.77. The summed E-state index contributed by atoms with van der Waals surface area (Å²) in [5.41, 5.74) is 2.50. The van der Waals surface area contributed by atoms with E-state index in [1.807, 2.05) is 6.07 Å². The molecule has 1 N–H and O–H groups in total. The highest BCUT2D eigenvalue weighted by Crippen LogP contribution is 2.33. The lowest BCUT2D eigenvalue weighted by Gasteiger charge is -2.29. The minimum atomic E-state index is 0.661. The number of halogens is 1. The number of hydrogen-bond acceptors (Lipinski definition) is 2. The highest BCUT2D eigenvalue weighted by molar-refractivity contribution is 6.30. The van der Waals surface area contributed by atoms with E-state index in [9.17, 15) is 0 Å². The van der Waals surface area contributed by atoms with E-state index in [0.29, 0.717) is 6.04 Å². The van der Waals surface area contributed by atoms with E-state index in [0.717, 1.165) is 36.3 Å². The maximum atomic E-state index is 6.22. The Hall–Kier alpha value is -0.730. The highest BCUT2D eigenvalue weighted by Gasteiger charge is 2.22. The van der Waals surface area contributed by atoms with Crippen LogP contribution in [-0.4, -0.2) is 12.6 Å². The second-order valence-electron chi connectivity index (χ2n) is 6.54. The number of hydrogen-bond donors (Lipinski definition) is 1. The molecule has 1 aliphatic heterocycles. The Morgan fingerprint density at radius 1 is 1.24 bits per heavy atom. The quantitative estimate of drug-likeness (QED) is 0.849. The molecule has 1 fully saturated rings. The Balaban J connectivity index is 1.54. The zero-order valence-corrected chi connectivity index (χ0v) is 13.7. The van der Waals surface area contributed by atoms with E-state index in [1.54, 1.807) is 0 Å². The van der Waals surface area contributed by atoms with Crippen LogP contribution >= 0.6 is 11.6 Å². The molecule has 1 heterocycles. The number of rotatable bonds is 5. The van der Waals surface area contributed by atoms with Gasteiger partial charge in [-0.1, -0.05) is 31.4 Å². The van der Waals surface area contributed by atoms with E-state index in [-0.39, 0.29) is 0 Å². The van der Waals surface area contributed by atoms with Crippen LogP contribution in [0.15, 0.2) is 12.1 Å². The molecule has 0 amide bonds. The first-order chi connectivity index (χ1) is 10.3. The fraction of sp³-hybridized carbons (Fsp3) is 0.667. The average Bonchev–Trinajstić information content (AvgIpc) is 2.94. The Morgan fingerprint density at radius 2 is 2.05 bits per heavy atom. The lowest BCUT2D eigenvalue weighted by Crippen LogP contribution is -2.32. The Labute approximate surface area is 133 Å². The van der Waals surface area contributed by atoms with Gasteiger partial charge in [-0.05, 0) is 49.3 Å². The lowest BCUT2D eigenvalue weighted by atomic mass is 9.83. The van der Waals surface area contributed by atoms with E-state index in [1.165, 1.54) is 49.7 Å². The van der Waals surface area contributed by atoms with Gasteiger partial charge in [-0.25, -0.2) is 0 Å². The fourth-order valence-electron chi connectivity index (χ4n) is 3.80. The van der Waals surface area contributed by atoms with Crippen LogP contribution in [0.2, 0.25) is 5.02 Å². The molecule has 116 valence electrons. The van der Waals surface area contributed by atoms with E-state index in [2.05, 4.69) is 18.3 Å². The summed E-state index contributed by atoms with van der Waals surface area (Å²) in [7, 11) is 0. The second-order valence-corrected chi connectivity index (χ2v) is 6.98. The van der Waals surface area contributed by atoms with Gasteiger partial charge in [0, 0.05) is 29.6 Å². The molecule has 0 atom stereocenters. The summed E-state index contributed by atoms with van der Waals surface area (Å²) >= 11 is 6.22. The van der Waals surface area contributed by atoms with Crippen LogP contribution in [0.4, 0.5) is 0 Å². The van der Waals surface area contributed by atoms with Gasteiger partial charge in [0.05, 0.1) is 6.61 Å².